The molecule has 0 atom stereocenters. The molecule has 0 aliphatic carbocycles. The average molecular weight is 276 g/mol. The van der Waals surface area contributed by atoms with Crippen LogP contribution in [0.25, 0.3) is 0 Å². The van der Waals surface area contributed by atoms with Crippen LogP contribution in [0.15, 0.2) is 52.5 Å². The van der Waals surface area contributed by atoms with Gasteiger partial charge in [-0.05, 0) is 29.8 Å². The molecule has 0 bridgehead atoms. The highest BCUT2D eigenvalue weighted by molar-refractivity contribution is 7.99. The van der Waals surface area contributed by atoms with Crippen LogP contribution in [0, 0.1) is 5.82 Å². The molecule has 2 aromatic rings. The zero-order chi connectivity index (χ0) is 13.7. The molecule has 19 heavy (non-hydrogen) atoms. The van der Waals surface area contributed by atoms with Crippen molar-refractivity contribution >= 4 is 11.8 Å². The van der Waals surface area contributed by atoms with E-state index in [0.717, 1.165) is 10.6 Å². The van der Waals surface area contributed by atoms with E-state index in [9.17, 15) is 4.39 Å². The van der Waals surface area contributed by atoms with E-state index in [-0.39, 0.29) is 5.82 Å². The van der Waals surface area contributed by atoms with Crippen LogP contribution in [0.4, 0.5) is 4.39 Å². The van der Waals surface area contributed by atoms with Gasteiger partial charge in [-0.15, -0.1) is 0 Å². The molecule has 1 aromatic carbocycles. The van der Waals surface area contributed by atoms with Crippen LogP contribution in [0.1, 0.15) is 19.4 Å². The third-order valence-electron chi connectivity index (χ3n) is 2.56. The van der Waals surface area contributed by atoms with Crippen molar-refractivity contribution in [2.45, 2.75) is 36.4 Å². The normalized spacial score (nSPS) is 10.9. The van der Waals surface area contributed by atoms with Gasteiger partial charge in [0.25, 0.3) is 0 Å². The van der Waals surface area contributed by atoms with Gasteiger partial charge in [-0.1, -0.05) is 37.7 Å². The van der Waals surface area contributed by atoms with Gasteiger partial charge in [0.15, 0.2) is 0 Å². The van der Waals surface area contributed by atoms with E-state index in [0.29, 0.717) is 17.5 Å². The minimum atomic E-state index is -0.196. The van der Waals surface area contributed by atoms with E-state index in [1.54, 1.807) is 12.3 Å². The summed E-state index contributed by atoms with van der Waals surface area (Å²) in [6, 6.07) is 11.4. The monoisotopic (exact) mass is 276 g/mol. The number of hydrogen-bond donors (Lipinski definition) is 1. The second-order valence-electron chi connectivity index (χ2n) is 4.57. The molecule has 1 aromatic heterocycles. The maximum absolute atomic E-state index is 14.0. The second-order valence-corrected chi connectivity index (χ2v) is 5.63. The van der Waals surface area contributed by atoms with Crippen molar-refractivity contribution in [2.75, 3.05) is 0 Å². The van der Waals surface area contributed by atoms with Crippen molar-refractivity contribution in [3.05, 3.63) is 54.0 Å². The zero-order valence-corrected chi connectivity index (χ0v) is 11.9. The number of benzene rings is 1. The fraction of sp³-hybridized carbons (Fsp3) is 0.267. The van der Waals surface area contributed by atoms with Crippen molar-refractivity contribution in [2.24, 2.45) is 0 Å². The molecular weight excluding hydrogens is 259 g/mol. The Morgan fingerprint density at radius 2 is 2.11 bits per heavy atom. The lowest BCUT2D eigenvalue weighted by molar-refractivity contribution is 0.574. The highest BCUT2D eigenvalue weighted by Gasteiger charge is 2.06. The summed E-state index contributed by atoms with van der Waals surface area (Å²) in [5.41, 5.74) is 0.955. The molecule has 0 saturated carbocycles. The summed E-state index contributed by atoms with van der Waals surface area (Å²) >= 11 is 1.34. The summed E-state index contributed by atoms with van der Waals surface area (Å²) in [4.78, 5) is 4.78. The summed E-state index contributed by atoms with van der Waals surface area (Å²) in [6.45, 7) is 4.83. The Labute approximate surface area is 117 Å². The van der Waals surface area contributed by atoms with E-state index in [2.05, 4.69) is 24.1 Å². The molecule has 1 N–H and O–H groups in total. The molecule has 4 heteroatoms. The van der Waals surface area contributed by atoms with Crippen LogP contribution in [0.3, 0.4) is 0 Å². The first-order valence-corrected chi connectivity index (χ1v) is 7.07. The van der Waals surface area contributed by atoms with Crippen LogP contribution in [-0.2, 0) is 6.54 Å². The van der Waals surface area contributed by atoms with Gasteiger partial charge in [0.2, 0.25) is 0 Å². The standard InChI is InChI=1S/C15H17FN2S/c1-11(2)18-10-12-6-7-14(13(16)9-12)19-15-5-3-4-8-17-15/h3-9,11,18H,10H2,1-2H3. The molecule has 2 nitrogen and oxygen atoms in total. The average Bonchev–Trinajstić information content (AvgIpc) is 2.40. The predicted molar refractivity (Wildman–Crippen MR) is 76.7 cm³/mol. The smallest absolute Gasteiger partial charge is 0.137 e. The number of nitrogens with zero attached hydrogens (tertiary/aromatic N) is 1. The van der Waals surface area contributed by atoms with Gasteiger partial charge in [0, 0.05) is 23.7 Å². The largest absolute Gasteiger partial charge is 0.310 e. The molecule has 0 radical (unpaired) electrons. The summed E-state index contributed by atoms with van der Waals surface area (Å²) in [5.74, 6) is -0.196. The molecule has 0 spiro atoms. The Morgan fingerprint density at radius 3 is 2.74 bits per heavy atom. The zero-order valence-electron chi connectivity index (χ0n) is 11.1. The van der Waals surface area contributed by atoms with E-state index in [4.69, 9.17) is 0 Å². The number of aromatic nitrogens is 1. The molecule has 2 rings (SSSR count). The van der Waals surface area contributed by atoms with E-state index < -0.39 is 0 Å². The highest BCUT2D eigenvalue weighted by Crippen LogP contribution is 2.28. The van der Waals surface area contributed by atoms with Crippen molar-refractivity contribution in [3.63, 3.8) is 0 Å². The number of nitrogens with one attached hydrogen (secondary N) is 1. The molecule has 0 aliphatic rings. The first-order chi connectivity index (χ1) is 9.15. The minimum absolute atomic E-state index is 0.196. The number of hydrogen-bond acceptors (Lipinski definition) is 3. The first kappa shape index (κ1) is 14.0. The SMILES string of the molecule is CC(C)NCc1ccc(Sc2ccccn2)c(F)c1. The molecular formula is C15H17FN2S. The van der Waals surface area contributed by atoms with Crippen LogP contribution in [0.2, 0.25) is 0 Å². The molecule has 0 aliphatic heterocycles. The molecule has 0 fully saturated rings. The maximum atomic E-state index is 14.0. The Hall–Kier alpha value is -1.39. The first-order valence-electron chi connectivity index (χ1n) is 6.26. The lowest BCUT2D eigenvalue weighted by atomic mass is 10.2. The predicted octanol–water partition coefficient (Wildman–Crippen LogP) is 3.87. The highest BCUT2D eigenvalue weighted by atomic mass is 32.2. The molecule has 100 valence electrons. The quantitative estimate of drug-likeness (QED) is 0.897. The van der Waals surface area contributed by atoms with Gasteiger partial charge in [-0.3, -0.25) is 0 Å². The van der Waals surface area contributed by atoms with Crippen LogP contribution in [-0.4, -0.2) is 11.0 Å². The van der Waals surface area contributed by atoms with E-state index in [1.165, 1.54) is 11.8 Å². The molecule has 0 unspecified atom stereocenters. The van der Waals surface area contributed by atoms with Crippen molar-refractivity contribution in [1.29, 1.82) is 0 Å². The summed E-state index contributed by atoms with van der Waals surface area (Å²) in [5, 5.41) is 4.07. The lowest BCUT2D eigenvalue weighted by Gasteiger charge is -2.09. The van der Waals surface area contributed by atoms with Crippen LogP contribution < -0.4 is 5.32 Å². The number of halogens is 1. The van der Waals surface area contributed by atoms with Gasteiger partial charge in [0.1, 0.15) is 10.8 Å². The third-order valence-corrected chi connectivity index (χ3v) is 3.56. The fourth-order valence-electron chi connectivity index (χ4n) is 1.58. The Bertz CT molecular complexity index is 529. The van der Waals surface area contributed by atoms with Gasteiger partial charge in [0.05, 0.1) is 0 Å². The van der Waals surface area contributed by atoms with E-state index in [1.807, 2.05) is 30.3 Å². The lowest BCUT2D eigenvalue weighted by Crippen LogP contribution is -2.21. The molecule has 0 amide bonds. The summed E-state index contributed by atoms with van der Waals surface area (Å²) in [7, 11) is 0. The van der Waals surface area contributed by atoms with Crippen LogP contribution in [0.5, 0.6) is 0 Å². The van der Waals surface area contributed by atoms with Crippen LogP contribution >= 0.6 is 11.8 Å². The Kier molecular flexibility index (Phi) is 4.93. The fourth-order valence-corrected chi connectivity index (χ4v) is 2.36. The Balaban J connectivity index is 2.07. The van der Waals surface area contributed by atoms with Gasteiger partial charge < -0.3 is 5.32 Å². The Morgan fingerprint density at radius 1 is 1.26 bits per heavy atom. The summed E-state index contributed by atoms with van der Waals surface area (Å²) < 4.78 is 14.0. The third kappa shape index (κ3) is 4.33. The second kappa shape index (κ2) is 6.68. The van der Waals surface area contributed by atoms with Crippen molar-refractivity contribution in [3.8, 4) is 0 Å². The number of pyridine rings is 1. The topological polar surface area (TPSA) is 24.9 Å². The maximum Gasteiger partial charge on any atom is 0.137 e. The van der Waals surface area contributed by atoms with Gasteiger partial charge in [-0.25, -0.2) is 9.37 Å². The molecule has 1 heterocycles. The van der Waals surface area contributed by atoms with Gasteiger partial charge >= 0.3 is 0 Å². The number of rotatable bonds is 5. The summed E-state index contributed by atoms with van der Waals surface area (Å²) in [6.07, 6.45) is 1.71. The van der Waals surface area contributed by atoms with Gasteiger partial charge in [-0.2, -0.15) is 0 Å². The minimum Gasteiger partial charge on any atom is -0.310 e. The van der Waals surface area contributed by atoms with E-state index >= 15 is 0 Å². The van der Waals surface area contributed by atoms with Crippen molar-refractivity contribution in [1.82, 2.24) is 10.3 Å². The molecule has 0 saturated heterocycles. The van der Waals surface area contributed by atoms with Crippen molar-refractivity contribution < 1.29 is 4.39 Å².